The molecule has 0 fully saturated rings. The highest BCUT2D eigenvalue weighted by Crippen LogP contribution is 2.36. The van der Waals surface area contributed by atoms with Gasteiger partial charge in [0.15, 0.2) is 6.10 Å². The molecule has 0 saturated heterocycles. The third-order valence-electron chi connectivity index (χ3n) is 4.19. The van der Waals surface area contributed by atoms with E-state index in [9.17, 15) is 14.7 Å². The fourth-order valence-electron chi connectivity index (χ4n) is 2.95. The Morgan fingerprint density at radius 1 is 1.24 bits per heavy atom. The van der Waals surface area contributed by atoms with Crippen molar-refractivity contribution < 1.29 is 19.4 Å². The molecule has 126 valence electrons. The number of nitriles is 1. The van der Waals surface area contributed by atoms with E-state index in [1.54, 1.807) is 55.5 Å². The summed E-state index contributed by atoms with van der Waals surface area (Å²) in [6, 6.07) is 15.7. The molecular formula is C19H16N2O4. The minimum Gasteiger partial charge on any atom is -0.481 e. The van der Waals surface area contributed by atoms with Crippen molar-refractivity contribution in [3.05, 3.63) is 59.7 Å². The van der Waals surface area contributed by atoms with Crippen LogP contribution < -0.4 is 9.64 Å². The summed E-state index contributed by atoms with van der Waals surface area (Å²) in [5.41, 5.74) is 1.55. The Morgan fingerprint density at radius 3 is 2.64 bits per heavy atom. The number of rotatable bonds is 4. The Bertz CT molecular complexity index is 872. The number of carboxylic acid groups (broad SMARTS) is 1. The lowest BCUT2D eigenvalue weighted by molar-refractivity contribution is -0.138. The molecule has 6 heteroatoms. The molecule has 2 unspecified atom stereocenters. The Kier molecular flexibility index (Phi) is 4.40. The lowest BCUT2D eigenvalue weighted by atomic mass is 10.0. The van der Waals surface area contributed by atoms with Crippen molar-refractivity contribution >= 4 is 17.6 Å². The fourth-order valence-corrected chi connectivity index (χ4v) is 2.95. The molecule has 1 amide bonds. The molecule has 0 bridgehead atoms. The van der Waals surface area contributed by atoms with Crippen LogP contribution >= 0.6 is 0 Å². The van der Waals surface area contributed by atoms with Crippen molar-refractivity contribution in [3.8, 4) is 11.8 Å². The molecule has 2 atom stereocenters. The summed E-state index contributed by atoms with van der Waals surface area (Å²) in [5, 5.41) is 18.5. The normalized spacial score (nSPS) is 16.6. The summed E-state index contributed by atoms with van der Waals surface area (Å²) in [5.74, 6) is -1.73. The molecule has 6 nitrogen and oxygen atoms in total. The first kappa shape index (κ1) is 16.5. The quantitative estimate of drug-likeness (QED) is 0.926. The first-order valence-electron chi connectivity index (χ1n) is 7.82. The first-order valence-corrected chi connectivity index (χ1v) is 7.82. The molecule has 1 N–H and O–H groups in total. The number of carboxylic acids is 1. The molecule has 0 aromatic heterocycles. The number of aliphatic carboxylic acids is 1. The standard InChI is InChI=1S/C19H16N2O4/c1-12(25-17-9-5-2-6-13(17)10-20)18(22)21-11-15(19(23)24)14-7-3-4-8-16(14)21/h2-9,12,15H,11H2,1H3,(H,23,24). The molecule has 25 heavy (non-hydrogen) atoms. The second-order valence-corrected chi connectivity index (χ2v) is 5.77. The van der Waals surface area contributed by atoms with E-state index in [-0.39, 0.29) is 12.5 Å². The number of benzene rings is 2. The second kappa shape index (κ2) is 6.65. The predicted molar refractivity (Wildman–Crippen MR) is 90.4 cm³/mol. The Morgan fingerprint density at radius 2 is 1.92 bits per heavy atom. The highest BCUT2D eigenvalue weighted by molar-refractivity contribution is 6.01. The largest absolute Gasteiger partial charge is 0.481 e. The van der Waals surface area contributed by atoms with Crippen molar-refractivity contribution in [1.82, 2.24) is 0 Å². The summed E-state index contributed by atoms with van der Waals surface area (Å²) >= 11 is 0. The number of hydrogen-bond donors (Lipinski definition) is 1. The second-order valence-electron chi connectivity index (χ2n) is 5.77. The minimum atomic E-state index is -0.967. The van der Waals surface area contributed by atoms with Crippen LogP contribution in [-0.4, -0.2) is 29.6 Å². The van der Waals surface area contributed by atoms with Gasteiger partial charge in [0.05, 0.1) is 5.56 Å². The third kappa shape index (κ3) is 3.04. The van der Waals surface area contributed by atoms with Crippen LogP contribution in [-0.2, 0) is 9.59 Å². The average molecular weight is 336 g/mol. The number of carbonyl (C=O) groups excluding carboxylic acids is 1. The number of hydrogen-bond acceptors (Lipinski definition) is 4. The number of nitrogens with zero attached hydrogens (tertiary/aromatic N) is 2. The van der Waals surface area contributed by atoms with Crippen LogP contribution in [0.25, 0.3) is 0 Å². The van der Waals surface area contributed by atoms with Crippen molar-refractivity contribution in [2.24, 2.45) is 0 Å². The highest BCUT2D eigenvalue weighted by atomic mass is 16.5. The van der Waals surface area contributed by atoms with E-state index < -0.39 is 18.0 Å². The van der Waals surface area contributed by atoms with Gasteiger partial charge in [-0.05, 0) is 30.7 Å². The zero-order valence-corrected chi connectivity index (χ0v) is 13.5. The first-order chi connectivity index (χ1) is 12.0. The van der Waals surface area contributed by atoms with Crippen LogP contribution in [0.2, 0.25) is 0 Å². The van der Waals surface area contributed by atoms with Gasteiger partial charge >= 0.3 is 5.97 Å². The molecule has 1 aliphatic heterocycles. The van der Waals surface area contributed by atoms with Crippen LogP contribution in [0.3, 0.4) is 0 Å². The molecule has 0 saturated carbocycles. The Labute approximate surface area is 144 Å². The number of amides is 1. The van der Waals surface area contributed by atoms with Gasteiger partial charge in [0, 0.05) is 12.2 Å². The average Bonchev–Trinajstić information content (AvgIpc) is 3.01. The monoisotopic (exact) mass is 336 g/mol. The number of carbonyl (C=O) groups is 2. The van der Waals surface area contributed by atoms with Crippen molar-refractivity contribution in [2.75, 3.05) is 11.4 Å². The molecule has 2 aromatic rings. The van der Waals surface area contributed by atoms with Gasteiger partial charge < -0.3 is 14.7 Å². The van der Waals surface area contributed by atoms with Gasteiger partial charge in [0.2, 0.25) is 0 Å². The van der Waals surface area contributed by atoms with E-state index >= 15 is 0 Å². The Hall–Kier alpha value is -3.33. The maximum atomic E-state index is 12.8. The number of fused-ring (bicyclic) bond motifs is 1. The van der Waals surface area contributed by atoms with Crippen LogP contribution in [0, 0.1) is 11.3 Å². The minimum absolute atomic E-state index is 0.0705. The molecule has 1 aliphatic rings. The topological polar surface area (TPSA) is 90.6 Å². The van der Waals surface area contributed by atoms with E-state index in [0.29, 0.717) is 22.6 Å². The number of para-hydroxylation sites is 2. The summed E-state index contributed by atoms with van der Waals surface area (Å²) in [7, 11) is 0. The molecule has 0 spiro atoms. The van der Waals surface area contributed by atoms with Crippen LogP contribution in [0.5, 0.6) is 5.75 Å². The van der Waals surface area contributed by atoms with E-state index in [2.05, 4.69) is 0 Å². The molecule has 3 rings (SSSR count). The van der Waals surface area contributed by atoms with Gasteiger partial charge in [-0.1, -0.05) is 30.3 Å². The zero-order valence-electron chi connectivity index (χ0n) is 13.5. The van der Waals surface area contributed by atoms with Gasteiger partial charge in [-0.3, -0.25) is 9.59 Å². The van der Waals surface area contributed by atoms with Crippen LogP contribution in [0.1, 0.15) is 24.0 Å². The lowest BCUT2D eigenvalue weighted by Gasteiger charge is -2.22. The molecule has 0 aliphatic carbocycles. The van der Waals surface area contributed by atoms with Gasteiger partial charge in [-0.2, -0.15) is 5.26 Å². The maximum absolute atomic E-state index is 12.8. The summed E-state index contributed by atoms with van der Waals surface area (Å²) in [6.07, 6.45) is -0.852. The summed E-state index contributed by atoms with van der Waals surface area (Å²) in [6.45, 7) is 1.66. The predicted octanol–water partition coefficient (Wildman–Crippen LogP) is 2.54. The van der Waals surface area contributed by atoms with Gasteiger partial charge in [-0.15, -0.1) is 0 Å². The van der Waals surface area contributed by atoms with Crippen molar-refractivity contribution in [2.45, 2.75) is 18.9 Å². The molecule has 0 radical (unpaired) electrons. The van der Waals surface area contributed by atoms with Gasteiger partial charge in [0.1, 0.15) is 17.7 Å². The van der Waals surface area contributed by atoms with E-state index in [1.165, 1.54) is 4.90 Å². The van der Waals surface area contributed by atoms with Crippen LogP contribution in [0.4, 0.5) is 5.69 Å². The smallest absolute Gasteiger partial charge is 0.312 e. The summed E-state index contributed by atoms with van der Waals surface area (Å²) in [4.78, 5) is 25.7. The van der Waals surface area contributed by atoms with Crippen molar-refractivity contribution in [1.29, 1.82) is 5.26 Å². The molecular weight excluding hydrogens is 320 g/mol. The van der Waals surface area contributed by atoms with Crippen molar-refractivity contribution in [3.63, 3.8) is 0 Å². The lowest BCUT2D eigenvalue weighted by Crippen LogP contribution is -2.40. The Balaban J connectivity index is 1.84. The van der Waals surface area contributed by atoms with Crippen LogP contribution in [0.15, 0.2) is 48.5 Å². The third-order valence-corrected chi connectivity index (χ3v) is 4.19. The zero-order chi connectivity index (χ0) is 18.0. The SMILES string of the molecule is CC(Oc1ccccc1C#N)C(=O)N1CC(C(=O)O)c2ccccc21. The molecule has 2 aromatic carbocycles. The number of anilines is 1. The van der Waals surface area contributed by atoms with Gasteiger partial charge in [0.25, 0.3) is 5.91 Å². The van der Waals surface area contributed by atoms with E-state index in [0.717, 1.165) is 0 Å². The molecule has 1 heterocycles. The fraction of sp³-hybridized carbons (Fsp3) is 0.211. The number of ether oxygens (including phenoxy) is 1. The van der Waals surface area contributed by atoms with E-state index in [4.69, 9.17) is 10.00 Å². The maximum Gasteiger partial charge on any atom is 0.312 e. The van der Waals surface area contributed by atoms with Gasteiger partial charge in [-0.25, -0.2) is 0 Å². The van der Waals surface area contributed by atoms with E-state index in [1.807, 2.05) is 6.07 Å². The highest BCUT2D eigenvalue weighted by Gasteiger charge is 2.38. The summed E-state index contributed by atoms with van der Waals surface area (Å²) < 4.78 is 5.66.